The van der Waals surface area contributed by atoms with E-state index in [4.69, 9.17) is 23.7 Å². The van der Waals surface area contributed by atoms with E-state index in [1.807, 2.05) is 19.1 Å². The molecule has 9 nitrogen and oxygen atoms in total. The molecular formula is C28H28N2O7S. The summed E-state index contributed by atoms with van der Waals surface area (Å²) in [7, 11) is 4.71. The minimum atomic E-state index is -2.02. The second kappa shape index (κ2) is 10.3. The van der Waals surface area contributed by atoms with Crippen molar-refractivity contribution in [3.05, 3.63) is 82.6 Å². The van der Waals surface area contributed by atoms with Crippen LogP contribution in [-0.4, -0.2) is 53.5 Å². The molecule has 2 heterocycles. The molecule has 38 heavy (non-hydrogen) atoms. The van der Waals surface area contributed by atoms with Crippen molar-refractivity contribution in [1.29, 1.82) is 0 Å². The van der Waals surface area contributed by atoms with Crippen molar-refractivity contribution in [2.24, 2.45) is 0 Å². The molecule has 3 aromatic rings. The van der Waals surface area contributed by atoms with Gasteiger partial charge in [0, 0.05) is 31.3 Å². The number of aromatic nitrogens is 2. The maximum atomic E-state index is 13.4. The fourth-order valence-electron chi connectivity index (χ4n) is 4.87. The van der Waals surface area contributed by atoms with Crippen LogP contribution in [0.5, 0.6) is 5.75 Å². The van der Waals surface area contributed by atoms with Gasteiger partial charge in [-0.25, -0.2) is 4.79 Å². The molecule has 0 spiro atoms. The van der Waals surface area contributed by atoms with Gasteiger partial charge in [-0.05, 0) is 66.6 Å². The SMILES string of the molecule is CCOC1(OC)C=C(CC2=C(c3ccc4nsnc4c3)C(=O)OC2(O)c2ccc(OC)cc2)C=C(OC)C1. The van der Waals surface area contributed by atoms with Crippen LogP contribution in [0, 0.1) is 0 Å². The molecule has 10 heteroatoms. The lowest BCUT2D eigenvalue weighted by Gasteiger charge is -2.34. The first kappa shape index (κ1) is 26.1. The van der Waals surface area contributed by atoms with E-state index in [0.717, 1.165) is 22.8 Å². The number of methoxy groups -OCH3 is 3. The van der Waals surface area contributed by atoms with E-state index in [9.17, 15) is 9.90 Å². The lowest BCUT2D eigenvalue weighted by atomic mass is 9.85. The largest absolute Gasteiger partial charge is 0.501 e. The van der Waals surface area contributed by atoms with E-state index < -0.39 is 17.5 Å². The summed E-state index contributed by atoms with van der Waals surface area (Å²) in [6.45, 7) is 2.30. The van der Waals surface area contributed by atoms with E-state index in [1.54, 1.807) is 63.8 Å². The number of benzene rings is 2. The van der Waals surface area contributed by atoms with Crippen LogP contribution in [0.4, 0.5) is 0 Å². The fraction of sp³-hybridized carbons (Fsp3) is 0.321. The third kappa shape index (κ3) is 4.60. The Labute approximate surface area is 224 Å². The predicted octanol–water partition coefficient (Wildman–Crippen LogP) is 4.49. The Hall–Kier alpha value is -3.57. The molecule has 2 aromatic carbocycles. The first-order valence-electron chi connectivity index (χ1n) is 12.1. The predicted molar refractivity (Wildman–Crippen MR) is 141 cm³/mol. The minimum absolute atomic E-state index is 0.155. The summed E-state index contributed by atoms with van der Waals surface area (Å²) in [5.41, 5.74) is 3.71. The second-order valence-electron chi connectivity index (χ2n) is 8.92. The highest BCUT2D eigenvalue weighted by Gasteiger charge is 2.49. The fourth-order valence-corrected chi connectivity index (χ4v) is 5.38. The molecule has 1 aliphatic heterocycles. The van der Waals surface area contributed by atoms with Crippen LogP contribution in [0.1, 0.15) is 30.9 Å². The Morgan fingerprint density at radius 1 is 1.05 bits per heavy atom. The van der Waals surface area contributed by atoms with Crippen LogP contribution >= 0.6 is 11.7 Å². The summed E-state index contributed by atoms with van der Waals surface area (Å²) in [5, 5.41) is 12.0. The molecule has 2 unspecified atom stereocenters. The molecule has 5 rings (SSSR count). The van der Waals surface area contributed by atoms with Gasteiger partial charge < -0.3 is 28.8 Å². The van der Waals surface area contributed by atoms with Gasteiger partial charge in [0.1, 0.15) is 22.5 Å². The maximum Gasteiger partial charge on any atom is 0.342 e. The number of cyclic esters (lactones) is 1. The number of carbonyl (C=O) groups is 1. The lowest BCUT2D eigenvalue weighted by molar-refractivity contribution is -0.190. The number of hydrogen-bond acceptors (Lipinski definition) is 10. The van der Waals surface area contributed by atoms with Gasteiger partial charge in [0.15, 0.2) is 5.79 Å². The van der Waals surface area contributed by atoms with Gasteiger partial charge in [0.25, 0.3) is 5.79 Å². The van der Waals surface area contributed by atoms with Crippen LogP contribution in [0.15, 0.2) is 71.5 Å². The van der Waals surface area contributed by atoms with E-state index in [0.29, 0.717) is 46.8 Å². The molecule has 1 aromatic heterocycles. The minimum Gasteiger partial charge on any atom is -0.501 e. The first-order valence-corrected chi connectivity index (χ1v) is 12.8. The Morgan fingerprint density at radius 3 is 2.50 bits per heavy atom. The molecule has 1 aliphatic carbocycles. The zero-order chi connectivity index (χ0) is 26.9. The molecular weight excluding hydrogens is 508 g/mol. The van der Waals surface area contributed by atoms with Crippen LogP contribution < -0.4 is 4.74 Å². The summed E-state index contributed by atoms with van der Waals surface area (Å²) < 4.78 is 36.8. The van der Waals surface area contributed by atoms with E-state index in [1.165, 1.54) is 0 Å². The van der Waals surface area contributed by atoms with Crippen molar-refractivity contribution in [3.63, 3.8) is 0 Å². The van der Waals surface area contributed by atoms with Crippen molar-refractivity contribution in [1.82, 2.24) is 8.75 Å². The summed E-state index contributed by atoms with van der Waals surface area (Å²) in [4.78, 5) is 13.4. The van der Waals surface area contributed by atoms with Gasteiger partial charge >= 0.3 is 5.97 Å². The Kier molecular flexibility index (Phi) is 7.06. The molecule has 0 fully saturated rings. The molecule has 0 saturated heterocycles. The number of fused-ring (bicyclic) bond motifs is 1. The Bertz CT molecular complexity index is 1460. The number of hydrogen-bond donors (Lipinski definition) is 1. The van der Waals surface area contributed by atoms with Crippen LogP contribution in [0.25, 0.3) is 16.6 Å². The zero-order valence-corrected chi connectivity index (χ0v) is 22.3. The zero-order valence-electron chi connectivity index (χ0n) is 21.5. The highest BCUT2D eigenvalue weighted by Crippen LogP contribution is 2.47. The quantitative estimate of drug-likeness (QED) is 0.313. The number of esters is 1. The van der Waals surface area contributed by atoms with Gasteiger partial charge in [-0.15, -0.1) is 0 Å². The van der Waals surface area contributed by atoms with E-state index >= 15 is 0 Å². The van der Waals surface area contributed by atoms with Gasteiger partial charge in [-0.2, -0.15) is 8.75 Å². The lowest BCUT2D eigenvalue weighted by Crippen LogP contribution is -2.36. The topological polar surface area (TPSA) is 109 Å². The Morgan fingerprint density at radius 2 is 1.82 bits per heavy atom. The molecule has 198 valence electrons. The highest BCUT2D eigenvalue weighted by molar-refractivity contribution is 7.00. The van der Waals surface area contributed by atoms with Gasteiger partial charge in [0.2, 0.25) is 0 Å². The number of allylic oxidation sites excluding steroid dienone is 2. The number of aliphatic hydroxyl groups is 1. The monoisotopic (exact) mass is 536 g/mol. The number of carbonyl (C=O) groups excluding carboxylic acids is 1. The maximum absolute atomic E-state index is 13.4. The van der Waals surface area contributed by atoms with Crippen LogP contribution in [-0.2, 0) is 29.5 Å². The molecule has 2 aliphatic rings. The van der Waals surface area contributed by atoms with Crippen molar-refractivity contribution in [2.75, 3.05) is 27.9 Å². The van der Waals surface area contributed by atoms with Gasteiger partial charge in [0.05, 0.1) is 37.9 Å². The molecule has 1 N–H and O–H groups in total. The van der Waals surface area contributed by atoms with Crippen molar-refractivity contribution in [3.8, 4) is 5.75 Å². The van der Waals surface area contributed by atoms with E-state index in [2.05, 4.69) is 8.75 Å². The smallest absolute Gasteiger partial charge is 0.342 e. The van der Waals surface area contributed by atoms with Crippen molar-refractivity contribution < 1.29 is 33.6 Å². The number of ether oxygens (including phenoxy) is 5. The van der Waals surface area contributed by atoms with Gasteiger partial charge in [-0.1, -0.05) is 6.07 Å². The third-order valence-electron chi connectivity index (χ3n) is 6.73. The molecule has 0 saturated carbocycles. The molecule has 0 amide bonds. The second-order valence-corrected chi connectivity index (χ2v) is 9.45. The third-order valence-corrected chi connectivity index (χ3v) is 7.29. The summed E-state index contributed by atoms with van der Waals surface area (Å²) >= 11 is 1.09. The van der Waals surface area contributed by atoms with Gasteiger partial charge in [-0.3, -0.25) is 0 Å². The normalized spacial score (nSPS) is 23.3. The van der Waals surface area contributed by atoms with Crippen molar-refractivity contribution in [2.45, 2.75) is 31.3 Å². The van der Waals surface area contributed by atoms with Crippen LogP contribution in [0.2, 0.25) is 0 Å². The number of nitrogens with zero attached hydrogens (tertiary/aromatic N) is 2. The molecule has 2 atom stereocenters. The average Bonchev–Trinajstić information content (AvgIpc) is 3.50. The van der Waals surface area contributed by atoms with Crippen molar-refractivity contribution >= 4 is 34.3 Å². The molecule has 0 radical (unpaired) electrons. The highest BCUT2D eigenvalue weighted by atomic mass is 32.1. The average molecular weight is 537 g/mol. The summed E-state index contributed by atoms with van der Waals surface area (Å²) in [6, 6.07) is 12.1. The standard InChI is InChI=1S/C28H28N2O7S/c1-5-36-27(35-4)15-17(12-21(16-27)34-3)13-22-25(18-6-11-23-24(14-18)30-38-29-23)26(31)37-28(22,32)19-7-9-20(33-2)10-8-19/h6-12,14-15,32H,5,13,16H2,1-4H3. The Balaban J connectivity index is 1.68. The molecule has 0 bridgehead atoms. The first-order chi connectivity index (χ1) is 18.3. The number of rotatable bonds is 9. The summed E-state index contributed by atoms with van der Waals surface area (Å²) in [5.74, 6) is -2.45. The van der Waals surface area contributed by atoms with Crippen LogP contribution in [0.3, 0.4) is 0 Å². The van der Waals surface area contributed by atoms with E-state index in [-0.39, 0.29) is 12.0 Å². The summed E-state index contributed by atoms with van der Waals surface area (Å²) in [6.07, 6.45) is 4.26.